The number of carbonyl (C=O) groups excluding carboxylic acids is 3. The number of hydrazine groups is 1. The van der Waals surface area contributed by atoms with Gasteiger partial charge in [0.2, 0.25) is 11.8 Å². The lowest BCUT2D eigenvalue weighted by Crippen LogP contribution is -2.50. The van der Waals surface area contributed by atoms with Gasteiger partial charge in [-0.2, -0.15) is 0 Å². The zero-order valence-electron chi connectivity index (χ0n) is 15.9. The summed E-state index contributed by atoms with van der Waals surface area (Å²) in [6.45, 7) is 4.58. The van der Waals surface area contributed by atoms with Gasteiger partial charge in [0.1, 0.15) is 11.8 Å². The van der Waals surface area contributed by atoms with E-state index in [1.54, 1.807) is 31.2 Å². The van der Waals surface area contributed by atoms with Crippen molar-refractivity contribution in [2.24, 2.45) is 5.92 Å². The van der Waals surface area contributed by atoms with Crippen molar-refractivity contribution in [3.8, 4) is 5.75 Å². The van der Waals surface area contributed by atoms with Crippen molar-refractivity contribution in [2.75, 3.05) is 18.5 Å². The lowest BCUT2D eigenvalue weighted by molar-refractivity contribution is -0.133. The molecule has 8 nitrogen and oxygen atoms in total. The molecule has 1 aliphatic carbocycles. The Morgan fingerprint density at radius 2 is 2.04 bits per heavy atom. The molecule has 3 rings (SSSR count). The predicted octanol–water partition coefficient (Wildman–Crippen LogP) is 1.67. The van der Waals surface area contributed by atoms with E-state index in [9.17, 15) is 14.4 Å². The van der Waals surface area contributed by atoms with Crippen LogP contribution in [-0.2, 0) is 14.4 Å². The molecule has 0 aromatic heterocycles. The zero-order valence-corrected chi connectivity index (χ0v) is 16.8. The van der Waals surface area contributed by atoms with Gasteiger partial charge in [-0.3, -0.25) is 24.7 Å². The number of nitrogens with one attached hydrogen (secondary N) is 2. The number of ether oxygens (including phenoxy) is 1. The maximum absolute atomic E-state index is 12.7. The molecule has 2 aliphatic rings. The highest BCUT2D eigenvalue weighted by molar-refractivity contribution is 7.80. The van der Waals surface area contributed by atoms with Gasteiger partial charge in [0.05, 0.1) is 13.0 Å². The topological polar surface area (TPSA) is 91.0 Å². The van der Waals surface area contributed by atoms with Crippen LogP contribution in [0.5, 0.6) is 5.75 Å². The summed E-state index contributed by atoms with van der Waals surface area (Å²) in [7, 11) is 0. The molecule has 1 unspecified atom stereocenters. The molecule has 2 N–H and O–H groups in total. The van der Waals surface area contributed by atoms with E-state index in [2.05, 4.69) is 10.7 Å². The molecule has 1 saturated heterocycles. The number of benzene rings is 1. The number of likely N-dealkylation sites (N-methyl/N-ethyl adjacent to an activating group) is 1. The summed E-state index contributed by atoms with van der Waals surface area (Å²) in [4.78, 5) is 38.8. The van der Waals surface area contributed by atoms with Crippen LogP contribution in [-0.4, -0.2) is 51.9 Å². The maximum Gasteiger partial charge on any atom is 0.254 e. The lowest BCUT2D eigenvalue weighted by Gasteiger charge is -2.24. The number of nitrogens with zero attached hydrogens (tertiary/aromatic N) is 2. The fraction of sp³-hybridized carbons (Fsp3) is 0.474. The Morgan fingerprint density at radius 1 is 1.29 bits per heavy atom. The van der Waals surface area contributed by atoms with E-state index in [0.29, 0.717) is 24.6 Å². The van der Waals surface area contributed by atoms with Crippen molar-refractivity contribution in [1.82, 2.24) is 15.3 Å². The third-order valence-corrected chi connectivity index (χ3v) is 5.02. The summed E-state index contributed by atoms with van der Waals surface area (Å²) in [5.41, 5.74) is 3.30. The Balaban J connectivity index is 1.69. The smallest absolute Gasteiger partial charge is 0.254 e. The molecule has 1 aliphatic heterocycles. The largest absolute Gasteiger partial charge is 0.494 e. The molecule has 150 valence electrons. The van der Waals surface area contributed by atoms with Gasteiger partial charge in [0.25, 0.3) is 5.91 Å². The molecule has 1 saturated carbocycles. The van der Waals surface area contributed by atoms with Gasteiger partial charge < -0.3 is 10.1 Å². The van der Waals surface area contributed by atoms with Crippen molar-refractivity contribution < 1.29 is 19.1 Å². The van der Waals surface area contributed by atoms with Crippen molar-refractivity contribution in [3.63, 3.8) is 0 Å². The number of rotatable bonds is 8. The second kappa shape index (κ2) is 8.55. The average Bonchev–Trinajstić information content (AvgIpc) is 3.47. The first-order chi connectivity index (χ1) is 13.4. The second-order valence-electron chi connectivity index (χ2n) is 6.71. The van der Waals surface area contributed by atoms with Crippen LogP contribution >= 0.6 is 12.2 Å². The Labute approximate surface area is 169 Å². The highest BCUT2D eigenvalue weighted by Gasteiger charge is 2.45. The van der Waals surface area contributed by atoms with E-state index >= 15 is 0 Å². The van der Waals surface area contributed by atoms with Crippen LogP contribution < -0.4 is 15.5 Å². The van der Waals surface area contributed by atoms with Crippen molar-refractivity contribution >= 4 is 40.7 Å². The molecule has 9 heteroatoms. The first-order valence-electron chi connectivity index (χ1n) is 9.42. The normalized spacial score (nSPS) is 19.0. The minimum absolute atomic E-state index is 0.0376. The summed E-state index contributed by atoms with van der Waals surface area (Å²) < 4.78 is 5.43. The Kier molecular flexibility index (Phi) is 6.13. The third kappa shape index (κ3) is 4.41. The van der Waals surface area contributed by atoms with Gasteiger partial charge in [-0.25, -0.2) is 5.01 Å². The average molecular weight is 404 g/mol. The molecule has 0 radical (unpaired) electrons. The quantitative estimate of drug-likeness (QED) is 0.641. The number of amides is 3. The first kappa shape index (κ1) is 20.1. The number of thiocarbonyl (C=S) groups is 1. The summed E-state index contributed by atoms with van der Waals surface area (Å²) in [6.07, 6.45) is 1.54. The molecule has 1 aromatic rings. The van der Waals surface area contributed by atoms with Gasteiger partial charge in [-0.05, 0) is 51.0 Å². The zero-order chi connectivity index (χ0) is 20.3. The Hall–Kier alpha value is -2.68. The number of hydrogen-bond donors (Lipinski definition) is 2. The van der Waals surface area contributed by atoms with E-state index in [0.717, 1.165) is 12.8 Å². The fourth-order valence-corrected chi connectivity index (χ4v) is 3.41. The van der Waals surface area contributed by atoms with Crippen molar-refractivity contribution in [3.05, 3.63) is 24.3 Å². The minimum Gasteiger partial charge on any atom is -0.494 e. The highest BCUT2D eigenvalue weighted by atomic mass is 32.1. The van der Waals surface area contributed by atoms with Crippen LogP contribution in [0, 0.1) is 5.92 Å². The Morgan fingerprint density at radius 3 is 2.68 bits per heavy atom. The minimum atomic E-state index is -0.856. The van der Waals surface area contributed by atoms with Crippen molar-refractivity contribution in [1.29, 1.82) is 0 Å². The monoisotopic (exact) mass is 404 g/mol. The summed E-state index contributed by atoms with van der Waals surface area (Å²) in [5, 5.41) is 4.35. The highest BCUT2D eigenvalue weighted by Crippen LogP contribution is 2.30. The fourth-order valence-electron chi connectivity index (χ4n) is 3.02. The lowest BCUT2D eigenvalue weighted by atomic mass is 10.2. The van der Waals surface area contributed by atoms with Crippen LogP contribution in [0.25, 0.3) is 0 Å². The van der Waals surface area contributed by atoms with Gasteiger partial charge in [0.15, 0.2) is 5.11 Å². The Bertz CT molecular complexity index is 796. The molecule has 1 aromatic carbocycles. The summed E-state index contributed by atoms with van der Waals surface area (Å²) in [6, 6.07) is 6.18. The van der Waals surface area contributed by atoms with Gasteiger partial charge in [-0.15, -0.1) is 0 Å². The number of hydrogen-bond acceptors (Lipinski definition) is 5. The van der Waals surface area contributed by atoms with Crippen LogP contribution in [0.3, 0.4) is 0 Å². The van der Waals surface area contributed by atoms with Gasteiger partial charge >= 0.3 is 0 Å². The van der Waals surface area contributed by atoms with Crippen molar-refractivity contribution in [2.45, 2.75) is 39.2 Å². The number of carbonyl (C=O) groups is 3. The van der Waals surface area contributed by atoms with Gasteiger partial charge in [0, 0.05) is 24.2 Å². The van der Waals surface area contributed by atoms with E-state index in [1.165, 1.54) is 9.91 Å². The molecule has 2 fully saturated rings. The van der Waals surface area contributed by atoms with Gasteiger partial charge in [-0.1, -0.05) is 6.07 Å². The van der Waals surface area contributed by atoms with E-state index in [-0.39, 0.29) is 35.2 Å². The van der Waals surface area contributed by atoms with Crippen LogP contribution in [0.4, 0.5) is 5.69 Å². The molecule has 0 spiro atoms. The van der Waals surface area contributed by atoms with Crippen LogP contribution in [0.15, 0.2) is 24.3 Å². The molecular formula is C19H24N4O4S. The standard InChI is InChI=1S/C19H24N4O4S/c1-3-22-18(26)15(23(19(22)28)21-17(25)12-8-9-12)11-16(24)20-13-6-5-7-14(10-13)27-4-2/h5-7,10,12,15H,3-4,8-9,11H2,1-2H3,(H,20,24)(H,21,25). The molecule has 1 atom stereocenters. The van der Waals surface area contributed by atoms with Crippen LogP contribution in [0.1, 0.15) is 33.1 Å². The molecule has 0 bridgehead atoms. The van der Waals surface area contributed by atoms with E-state index in [4.69, 9.17) is 17.0 Å². The van der Waals surface area contributed by atoms with Crippen LogP contribution in [0.2, 0.25) is 0 Å². The molecule has 28 heavy (non-hydrogen) atoms. The molecule has 3 amide bonds. The maximum atomic E-state index is 12.7. The second-order valence-corrected chi connectivity index (χ2v) is 7.08. The summed E-state index contributed by atoms with van der Waals surface area (Å²) >= 11 is 5.34. The van der Waals surface area contributed by atoms with E-state index in [1.807, 2.05) is 6.92 Å². The first-order valence-corrected chi connectivity index (χ1v) is 9.83. The number of anilines is 1. The summed E-state index contributed by atoms with van der Waals surface area (Å²) in [5.74, 6) is -0.193. The SMILES string of the molecule is CCOc1cccc(NC(=O)CC2C(=O)N(CC)C(=S)N2NC(=O)C2CC2)c1. The third-order valence-electron chi connectivity index (χ3n) is 4.60. The predicted molar refractivity (Wildman–Crippen MR) is 107 cm³/mol. The molecule has 1 heterocycles. The molecular weight excluding hydrogens is 380 g/mol. The van der Waals surface area contributed by atoms with E-state index < -0.39 is 6.04 Å².